The molecule has 3 aromatic rings. The Hall–Kier alpha value is -2.66. The van der Waals surface area contributed by atoms with E-state index in [4.69, 9.17) is 5.73 Å². The van der Waals surface area contributed by atoms with E-state index in [1.54, 1.807) is 12.3 Å². The summed E-state index contributed by atoms with van der Waals surface area (Å²) in [5, 5.41) is 8.91. The summed E-state index contributed by atoms with van der Waals surface area (Å²) in [6, 6.07) is 11.4. The minimum Gasteiger partial charge on any atom is -0.384 e. The van der Waals surface area contributed by atoms with Gasteiger partial charge in [-0.15, -0.1) is 0 Å². The number of aromatic nitrogens is 1. The van der Waals surface area contributed by atoms with Gasteiger partial charge in [-0.2, -0.15) is 0 Å². The molecule has 4 rings (SSSR count). The highest BCUT2D eigenvalue weighted by molar-refractivity contribution is 5.98. The number of nitrogen functional groups attached to an aromatic ring is 1. The van der Waals surface area contributed by atoms with Crippen molar-refractivity contribution in [2.75, 3.05) is 24.1 Å². The van der Waals surface area contributed by atoms with Crippen LogP contribution in [0.1, 0.15) is 12.0 Å². The van der Waals surface area contributed by atoms with Crippen LogP contribution >= 0.6 is 0 Å². The molecule has 4 N–H and O–H groups in total. The van der Waals surface area contributed by atoms with E-state index in [-0.39, 0.29) is 5.82 Å². The van der Waals surface area contributed by atoms with Gasteiger partial charge in [0.2, 0.25) is 0 Å². The number of aryl methyl sites for hydroxylation is 1. The topological polar surface area (TPSA) is 63.0 Å². The van der Waals surface area contributed by atoms with Gasteiger partial charge in [0.05, 0.1) is 0 Å². The maximum absolute atomic E-state index is 14.5. The highest BCUT2D eigenvalue weighted by Crippen LogP contribution is 2.34. The number of nitrogens with zero attached hydrogens (tertiary/aromatic N) is 1. The van der Waals surface area contributed by atoms with Crippen molar-refractivity contribution in [2.45, 2.75) is 19.4 Å². The fraction of sp³-hybridized carbons (Fsp3) is 0.250. The molecular weight excluding hydrogens is 315 g/mol. The number of anilines is 2. The van der Waals surface area contributed by atoms with Crippen molar-refractivity contribution >= 4 is 22.3 Å². The summed E-state index contributed by atoms with van der Waals surface area (Å²) in [6.45, 7) is 3.86. The van der Waals surface area contributed by atoms with Gasteiger partial charge < -0.3 is 16.4 Å². The molecule has 128 valence electrons. The maximum Gasteiger partial charge on any atom is 0.131 e. The highest BCUT2D eigenvalue weighted by atomic mass is 19.1. The van der Waals surface area contributed by atoms with Crippen LogP contribution < -0.4 is 16.4 Å². The van der Waals surface area contributed by atoms with Crippen LogP contribution in [0, 0.1) is 12.7 Å². The number of fused-ring (bicyclic) bond motifs is 1. The SMILES string of the molecule is Cc1cccc(F)c1-c1cc(N[C@H]2CCNC2)c2cc(N)ncc2c1. The Kier molecular flexibility index (Phi) is 4.01. The minimum atomic E-state index is -0.212. The largest absolute Gasteiger partial charge is 0.384 e. The van der Waals surface area contributed by atoms with E-state index in [0.29, 0.717) is 17.4 Å². The summed E-state index contributed by atoms with van der Waals surface area (Å²) in [5.74, 6) is 0.270. The van der Waals surface area contributed by atoms with Gasteiger partial charge in [0.25, 0.3) is 0 Å². The van der Waals surface area contributed by atoms with E-state index >= 15 is 0 Å². The molecule has 0 bridgehead atoms. The number of rotatable bonds is 3. The number of hydrogen-bond donors (Lipinski definition) is 3. The Labute approximate surface area is 146 Å². The normalized spacial score (nSPS) is 17.1. The third-order valence-corrected chi connectivity index (χ3v) is 4.79. The first-order chi connectivity index (χ1) is 12.1. The molecule has 1 saturated heterocycles. The molecular formula is C20H21FN4. The molecule has 1 aliphatic rings. The quantitative estimate of drug-likeness (QED) is 0.682. The summed E-state index contributed by atoms with van der Waals surface area (Å²) in [7, 11) is 0. The van der Waals surface area contributed by atoms with Crippen molar-refractivity contribution < 1.29 is 4.39 Å². The zero-order chi connectivity index (χ0) is 17.4. The zero-order valence-electron chi connectivity index (χ0n) is 14.1. The van der Waals surface area contributed by atoms with E-state index in [2.05, 4.69) is 15.6 Å². The van der Waals surface area contributed by atoms with Crippen LogP contribution in [0.3, 0.4) is 0 Å². The third-order valence-electron chi connectivity index (χ3n) is 4.79. The molecule has 0 aliphatic carbocycles. The smallest absolute Gasteiger partial charge is 0.131 e. The monoisotopic (exact) mass is 336 g/mol. The molecule has 1 aliphatic heterocycles. The summed E-state index contributed by atoms with van der Waals surface area (Å²) < 4.78 is 14.5. The summed E-state index contributed by atoms with van der Waals surface area (Å²) in [4.78, 5) is 4.20. The number of pyridine rings is 1. The standard InChI is InChI=1S/C20H21FN4/c1-12-3-2-4-17(21)20(12)13-7-14-10-24-19(22)9-16(14)18(8-13)25-15-5-6-23-11-15/h2-4,7-10,15,23,25H,5-6,11H2,1H3,(H2,22,24)/t15-/m0/s1. The summed E-state index contributed by atoms with van der Waals surface area (Å²) >= 11 is 0. The van der Waals surface area contributed by atoms with Gasteiger partial charge >= 0.3 is 0 Å². The number of halogens is 1. The van der Waals surface area contributed by atoms with Gasteiger partial charge in [-0.05, 0) is 55.3 Å². The van der Waals surface area contributed by atoms with Gasteiger partial charge in [-0.3, -0.25) is 0 Å². The molecule has 0 amide bonds. The van der Waals surface area contributed by atoms with Gasteiger partial charge in [0, 0.05) is 40.8 Å². The molecule has 2 heterocycles. The number of benzene rings is 2. The third kappa shape index (κ3) is 3.03. The number of nitrogens with two attached hydrogens (primary N) is 1. The van der Waals surface area contributed by atoms with Crippen LogP contribution in [-0.4, -0.2) is 24.1 Å². The fourth-order valence-electron chi connectivity index (χ4n) is 3.53. The Morgan fingerprint density at radius 3 is 2.92 bits per heavy atom. The van der Waals surface area contributed by atoms with Crippen LogP contribution in [0.2, 0.25) is 0 Å². The number of nitrogens with one attached hydrogen (secondary N) is 2. The molecule has 0 spiro atoms. The van der Waals surface area contributed by atoms with Crippen molar-refractivity contribution in [3.05, 3.63) is 54.0 Å². The van der Waals surface area contributed by atoms with Crippen LogP contribution in [0.5, 0.6) is 0 Å². The van der Waals surface area contributed by atoms with Crippen LogP contribution in [0.15, 0.2) is 42.6 Å². The molecule has 1 aromatic heterocycles. The van der Waals surface area contributed by atoms with E-state index in [1.807, 2.05) is 31.2 Å². The van der Waals surface area contributed by atoms with Gasteiger partial charge in [0.15, 0.2) is 0 Å². The number of hydrogen-bond acceptors (Lipinski definition) is 4. The predicted octanol–water partition coefficient (Wildman–Crippen LogP) is 3.71. The maximum atomic E-state index is 14.5. The van der Waals surface area contributed by atoms with Gasteiger partial charge in [-0.25, -0.2) is 9.37 Å². The second kappa shape index (κ2) is 6.33. The van der Waals surface area contributed by atoms with Gasteiger partial charge in [0.1, 0.15) is 11.6 Å². The Balaban J connectivity index is 1.89. The molecule has 4 nitrogen and oxygen atoms in total. The van der Waals surface area contributed by atoms with Crippen molar-refractivity contribution in [2.24, 2.45) is 0 Å². The Morgan fingerprint density at radius 1 is 1.28 bits per heavy atom. The second-order valence-corrected chi connectivity index (χ2v) is 6.62. The molecule has 25 heavy (non-hydrogen) atoms. The van der Waals surface area contributed by atoms with Crippen molar-refractivity contribution in [1.29, 1.82) is 0 Å². The first-order valence-corrected chi connectivity index (χ1v) is 8.54. The molecule has 0 unspecified atom stereocenters. The van der Waals surface area contributed by atoms with Crippen LogP contribution in [0.25, 0.3) is 21.9 Å². The van der Waals surface area contributed by atoms with Crippen molar-refractivity contribution in [1.82, 2.24) is 10.3 Å². The lowest BCUT2D eigenvalue weighted by molar-refractivity contribution is 0.630. The van der Waals surface area contributed by atoms with Crippen LogP contribution in [-0.2, 0) is 0 Å². The first-order valence-electron chi connectivity index (χ1n) is 8.54. The Morgan fingerprint density at radius 2 is 2.16 bits per heavy atom. The van der Waals surface area contributed by atoms with Gasteiger partial charge in [-0.1, -0.05) is 12.1 Å². The van der Waals surface area contributed by atoms with E-state index in [0.717, 1.165) is 47.1 Å². The van der Waals surface area contributed by atoms with Crippen molar-refractivity contribution in [3.63, 3.8) is 0 Å². The lowest BCUT2D eigenvalue weighted by atomic mass is 9.96. The zero-order valence-corrected chi connectivity index (χ0v) is 14.1. The molecule has 1 atom stereocenters. The average Bonchev–Trinajstić information content (AvgIpc) is 3.08. The second-order valence-electron chi connectivity index (χ2n) is 6.62. The predicted molar refractivity (Wildman–Crippen MR) is 101 cm³/mol. The van der Waals surface area contributed by atoms with Crippen LogP contribution in [0.4, 0.5) is 15.9 Å². The lowest BCUT2D eigenvalue weighted by Crippen LogP contribution is -2.22. The Bertz CT molecular complexity index is 912. The highest BCUT2D eigenvalue weighted by Gasteiger charge is 2.17. The van der Waals surface area contributed by atoms with E-state index in [1.165, 1.54) is 6.07 Å². The molecule has 2 aromatic carbocycles. The average molecular weight is 336 g/mol. The van der Waals surface area contributed by atoms with E-state index in [9.17, 15) is 4.39 Å². The molecule has 1 fully saturated rings. The molecule has 5 heteroatoms. The summed E-state index contributed by atoms with van der Waals surface area (Å²) in [5.41, 5.74) is 9.25. The lowest BCUT2D eigenvalue weighted by Gasteiger charge is -2.18. The minimum absolute atomic E-state index is 0.212. The molecule has 0 saturated carbocycles. The van der Waals surface area contributed by atoms with E-state index < -0.39 is 0 Å². The fourth-order valence-corrected chi connectivity index (χ4v) is 3.53. The molecule has 0 radical (unpaired) electrons. The van der Waals surface area contributed by atoms with Crippen molar-refractivity contribution in [3.8, 4) is 11.1 Å². The summed E-state index contributed by atoms with van der Waals surface area (Å²) in [6.07, 6.45) is 2.81. The first kappa shape index (κ1) is 15.8.